The van der Waals surface area contributed by atoms with Gasteiger partial charge in [0.15, 0.2) is 5.01 Å². The van der Waals surface area contributed by atoms with Crippen molar-refractivity contribution in [3.8, 4) is 21.5 Å². The first-order chi connectivity index (χ1) is 12.7. The molecule has 0 amide bonds. The van der Waals surface area contributed by atoms with Crippen molar-refractivity contribution in [1.29, 1.82) is 0 Å². The molecule has 3 rings (SSSR count). The van der Waals surface area contributed by atoms with E-state index in [0.717, 1.165) is 10.6 Å². The van der Waals surface area contributed by atoms with Crippen LogP contribution in [0.15, 0.2) is 60.9 Å². The smallest absolute Gasteiger partial charge is 0.341 e. The Hall–Kier alpha value is -3.19. The third-order valence-electron chi connectivity index (χ3n) is 3.44. The van der Waals surface area contributed by atoms with Crippen LogP contribution in [0.3, 0.4) is 0 Å². The summed E-state index contributed by atoms with van der Waals surface area (Å²) in [6.45, 7) is 0. The molecule has 26 heavy (non-hydrogen) atoms. The van der Waals surface area contributed by atoms with Gasteiger partial charge < -0.3 is 14.2 Å². The number of nitrogens with zero attached hydrogens (tertiary/aromatic N) is 2. The second-order valence-electron chi connectivity index (χ2n) is 5.10. The number of benzene rings is 2. The monoisotopic (exact) mass is 368 g/mol. The number of esters is 1. The van der Waals surface area contributed by atoms with E-state index >= 15 is 0 Å². The lowest BCUT2D eigenvalue weighted by molar-refractivity contribution is -0.133. The Morgan fingerprint density at radius 2 is 1.73 bits per heavy atom. The fourth-order valence-corrected chi connectivity index (χ4v) is 2.98. The predicted molar refractivity (Wildman–Crippen MR) is 98.9 cm³/mol. The maximum absolute atomic E-state index is 12.0. The molecule has 3 aromatic rings. The molecule has 0 unspecified atom stereocenters. The molecule has 1 aromatic heterocycles. The average Bonchev–Trinajstić information content (AvgIpc) is 3.15. The number of methoxy groups -OCH3 is 2. The summed E-state index contributed by atoms with van der Waals surface area (Å²) in [5, 5.41) is 9.36. The summed E-state index contributed by atoms with van der Waals surface area (Å²) in [6.07, 6.45) is 1.32. The summed E-state index contributed by atoms with van der Waals surface area (Å²) in [4.78, 5) is 12.0. The van der Waals surface area contributed by atoms with Crippen molar-refractivity contribution in [3.05, 3.63) is 66.4 Å². The molecule has 7 heteroatoms. The zero-order chi connectivity index (χ0) is 18.4. The van der Waals surface area contributed by atoms with Gasteiger partial charge in [0.2, 0.25) is 0 Å². The first-order valence-electron chi connectivity index (χ1n) is 7.70. The molecule has 1 heterocycles. The van der Waals surface area contributed by atoms with Crippen LogP contribution in [0.1, 0.15) is 5.56 Å². The lowest BCUT2D eigenvalue weighted by Gasteiger charge is -2.10. The SMILES string of the molecule is COC=C(C(=O)OC)c1ccccc1Oc1nnc(-c2ccccc2)s1. The number of carbonyl (C=O) groups is 1. The molecule has 0 saturated heterocycles. The van der Waals surface area contributed by atoms with Crippen LogP contribution in [-0.4, -0.2) is 30.4 Å². The number of para-hydroxylation sites is 1. The third-order valence-corrected chi connectivity index (χ3v) is 4.29. The summed E-state index contributed by atoms with van der Waals surface area (Å²) in [5.74, 6) is -0.0675. The first-order valence-corrected chi connectivity index (χ1v) is 8.52. The van der Waals surface area contributed by atoms with Gasteiger partial charge in [0, 0.05) is 11.1 Å². The van der Waals surface area contributed by atoms with E-state index in [9.17, 15) is 4.79 Å². The number of hydrogen-bond acceptors (Lipinski definition) is 7. The molecular weight excluding hydrogens is 352 g/mol. The molecule has 0 N–H and O–H groups in total. The Balaban J connectivity index is 1.91. The van der Waals surface area contributed by atoms with Gasteiger partial charge in [-0.05, 0) is 6.07 Å². The number of hydrogen-bond donors (Lipinski definition) is 0. The molecule has 0 fully saturated rings. The molecule has 0 aliphatic heterocycles. The standard InChI is InChI=1S/C19H16N2O4S/c1-23-12-15(18(22)24-2)14-10-6-7-11-16(14)25-19-21-20-17(26-19)13-8-4-3-5-9-13/h3-12H,1-2H3. The number of ether oxygens (including phenoxy) is 3. The van der Waals surface area contributed by atoms with Crippen LogP contribution in [0.25, 0.3) is 16.1 Å². The molecule has 0 aliphatic rings. The summed E-state index contributed by atoms with van der Waals surface area (Å²) >= 11 is 1.32. The highest BCUT2D eigenvalue weighted by Crippen LogP contribution is 2.34. The van der Waals surface area contributed by atoms with Crippen molar-refractivity contribution in [2.75, 3.05) is 14.2 Å². The molecular formula is C19H16N2O4S. The highest BCUT2D eigenvalue weighted by atomic mass is 32.1. The van der Waals surface area contributed by atoms with Crippen LogP contribution >= 0.6 is 11.3 Å². The quantitative estimate of drug-likeness (QED) is 0.370. The summed E-state index contributed by atoms with van der Waals surface area (Å²) < 4.78 is 15.7. The Morgan fingerprint density at radius 3 is 2.46 bits per heavy atom. The van der Waals surface area contributed by atoms with Crippen LogP contribution in [-0.2, 0) is 14.3 Å². The van der Waals surface area contributed by atoms with Crippen LogP contribution in [0, 0.1) is 0 Å². The number of rotatable bonds is 6. The fraction of sp³-hybridized carbons (Fsp3) is 0.105. The summed E-state index contributed by atoms with van der Waals surface area (Å²) in [5.41, 5.74) is 1.75. The van der Waals surface area contributed by atoms with Crippen molar-refractivity contribution in [2.45, 2.75) is 0 Å². The fourth-order valence-electron chi connectivity index (χ4n) is 2.27. The van der Waals surface area contributed by atoms with Crippen molar-refractivity contribution in [2.24, 2.45) is 0 Å². The van der Waals surface area contributed by atoms with Gasteiger partial charge in [-0.25, -0.2) is 4.79 Å². The maximum Gasteiger partial charge on any atom is 0.341 e. The number of carbonyl (C=O) groups excluding carboxylic acids is 1. The van der Waals surface area contributed by atoms with Gasteiger partial charge in [0.25, 0.3) is 5.19 Å². The summed E-state index contributed by atoms with van der Waals surface area (Å²) in [6, 6.07) is 16.8. The van der Waals surface area contributed by atoms with E-state index in [1.54, 1.807) is 24.3 Å². The van der Waals surface area contributed by atoms with E-state index in [2.05, 4.69) is 10.2 Å². The predicted octanol–water partition coefficient (Wildman–Crippen LogP) is 4.16. The minimum Gasteiger partial charge on any atom is -0.503 e. The maximum atomic E-state index is 12.0. The Bertz CT molecular complexity index is 922. The minimum atomic E-state index is -0.523. The average molecular weight is 368 g/mol. The van der Waals surface area contributed by atoms with E-state index in [-0.39, 0.29) is 5.57 Å². The van der Waals surface area contributed by atoms with E-state index in [4.69, 9.17) is 14.2 Å². The zero-order valence-electron chi connectivity index (χ0n) is 14.2. The molecule has 132 valence electrons. The molecule has 2 aromatic carbocycles. The van der Waals surface area contributed by atoms with Gasteiger partial charge in [-0.2, -0.15) is 0 Å². The zero-order valence-corrected chi connectivity index (χ0v) is 15.0. The normalized spacial score (nSPS) is 11.1. The lowest BCUT2D eigenvalue weighted by atomic mass is 10.1. The minimum absolute atomic E-state index is 0.249. The second kappa shape index (κ2) is 8.26. The van der Waals surface area contributed by atoms with Gasteiger partial charge in [0.05, 0.1) is 20.5 Å². The van der Waals surface area contributed by atoms with Crippen LogP contribution in [0.2, 0.25) is 0 Å². The second-order valence-corrected chi connectivity index (χ2v) is 6.04. The molecule has 0 bridgehead atoms. The van der Waals surface area contributed by atoms with Crippen molar-refractivity contribution >= 4 is 22.9 Å². The van der Waals surface area contributed by atoms with Gasteiger partial charge in [-0.15, -0.1) is 5.10 Å². The Labute approximate surface area is 154 Å². The van der Waals surface area contributed by atoms with E-state index in [0.29, 0.717) is 16.5 Å². The van der Waals surface area contributed by atoms with Crippen molar-refractivity contribution < 1.29 is 19.0 Å². The number of aromatic nitrogens is 2. The van der Waals surface area contributed by atoms with E-state index < -0.39 is 5.97 Å². The Morgan fingerprint density at radius 1 is 1.00 bits per heavy atom. The topological polar surface area (TPSA) is 70.5 Å². The van der Waals surface area contributed by atoms with Crippen LogP contribution in [0.5, 0.6) is 10.9 Å². The molecule has 0 radical (unpaired) electrons. The molecule has 0 atom stereocenters. The highest BCUT2D eigenvalue weighted by Gasteiger charge is 2.19. The van der Waals surface area contributed by atoms with Crippen LogP contribution < -0.4 is 4.74 Å². The van der Waals surface area contributed by atoms with Crippen molar-refractivity contribution in [3.63, 3.8) is 0 Å². The molecule has 0 saturated carbocycles. The molecule has 6 nitrogen and oxygen atoms in total. The summed E-state index contributed by atoms with van der Waals surface area (Å²) in [7, 11) is 2.77. The first kappa shape index (κ1) is 17.6. The molecule has 0 aliphatic carbocycles. The Kier molecular flexibility index (Phi) is 5.60. The highest BCUT2D eigenvalue weighted by molar-refractivity contribution is 7.16. The largest absolute Gasteiger partial charge is 0.503 e. The molecule has 0 spiro atoms. The van der Waals surface area contributed by atoms with Gasteiger partial charge in [0.1, 0.15) is 11.3 Å². The van der Waals surface area contributed by atoms with Gasteiger partial charge in [-0.3, -0.25) is 0 Å². The van der Waals surface area contributed by atoms with Gasteiger partial charge >= 0.3 is 5.97 Å². The van der Waals surface area contributed by atoms with E-state index in [1.807, 2.05) is 30.3 Å². The van der Waals surface area contributed by atoms with Crippen molar-refractivity contribution in [1.82, 2.24) is 10.2 Å². The van der Waals surface area contributed by atoms with E-state index in [1.165, 1.54) is 31.8 Å². The van der Waals surface area contributed by atoms with Crippen LogP contribution in [0.4, 0.5) is 0 Å². The third kappa shape index (κ3) is 3.89. The lowest BCUT2D eigenvalue weighted by Crippen LogP contribution is -2.05. The van der Waals surface area contributed by atoms with Gasteiger partial charge in [-0.1, -0.05) is 65.0 Å².